The van der Waals surface area contributed by atoms with Crippen molar-refractivity contribution in [2.45, 2.75) is 42.9 Å². The van der Waals surface area contributed by atoms with Crippen molar-refractivity contribution in [3.05, 3.63) is 70.4 Å². The van der Waals surface area contributed by atoms with Crippen molar-refractivity contribution in [3.63, 3.8) is 0 Å². The Morgan fingerprint density at radius 2 is 1.80 bits per heavy atom. The van der Waals surface area contributed by atoms with Gasteiger partial charge in [0.25, 0.3) is 5.69 Å². The summed E-state index contributed by atoms with van der Waals surface area (Å²) >= 11 is 1.64. The van der Waals surface area contributed by atoms with E-state index in [0.717, 1.165) is 47.3 Å². The lowest BCUT2D eigenvalue weighted by atomic mass is 10.2. The first-order valence-electron chi connectivity index (χ1n) is 10.3. The van der Waals surface area contributed by atoms with Gasteiger partial charge in [0, 0.05) is 53.0 Å². The fourth-order valence-electron chi connectivity index (χ4n) is 3.95. The number of fused-ring (bicyclic) bond motifs is 1. The third-order valence-electron chi connectivity index (χ3n) is 5.53. The third kappa shape index (κ3) is 4.67. The molecule has 1 amide bonds. The molecular weight excluding hydrogens is 398 g/mol. The standard InChI is InChI=1S/C23H25N3O3S/c27-23(24-12-5-1-2-6-13-24)16-25-15-22(20-10-3-4-11-21(20)25)30-17-18-8-7-9-19(14-18)26(28)29/h3-4,7-11,14-15H,1-2,5-6,12-13,16-17H2. The molecule has 156 valence electrons. The quantitative estimate of drug-likeness (QED) is 0.309. The molecule has 3 aromatic rings. The van der Waals surface area contributed by atoms with Crippen LogP contribution in [0.4, 0.5) is 5.69 Å². The highest BCUT2D eigenvalue weighted by Gasteiger charge is 2.18. The number of para-hydroxylation sites is 1. The first-order chi connectivity index (χ1) is 14.6. The van der Waals surface area contributed by atoms with Gasteiger partial charge >= 0.3 is 0 Å². The van der Waals surface area contributed by atoms with E-state index in [-0.39, 0.29) is 16.5 Å². The minimum absolute atomic E-state index is 0.110. The molecule has 0 N–H and O–H groups in total. The maximum absolute atomic E-state index is 12.9. The lowest BCUT2D eigenvalue weighted by Crippen LogP contribution is -2.34. The summed E-state index contributed by atoms with van der Waals surface area (Å²) in [7, 11) is 0. The minimum atomic E-state index is -0.367. The van der Waals surface area contributed by atoms with Crippen LogP contribution in [0, 0.1) is 10.1 Å². The average molecular weight is 424 g/mol. The number of hydrogen-bond acceptors (Lipinski definition) is 4. The van der Waals surface area contributed by atoms with Crippen LogP contribution in [0.3, 0.4) is 0 Å². The van der Waals surface area contributed by atoms with Crippen LogP contribution in [0.25, 0.3) is 10.9 Å². The van der Waals surface area contributed by atoms with E-state index in [2.05, 4.69) is 6.07 Å². The van der Waals surface area contributed by atoms with Gasteiger partial charge in [-0.25, -0.2) is 0 Å². The van der Waals surface area contributed by atoms with Crippen molar-refractivity contribution in [1.82, 2.24) is 9.47 Å². The number of amides is 1. The Kier molecular flexibility index (Phi) is 6.38. The fraction of sp³-hybridized carbons (Fsp3) is 0.348. The number of carbonyl (C=O) groups is 1. The molecule has 2 aromatic carbocycles. The molecule has 7 heteroatoms. The van der Waals surface area contributed by atoms with Crippen LogP contribution < -0.4 is 0 Å². The van der Waals surface area contributed by atoms with E-state index in [9.17, 15) is 14.9 Å². The molecule has 6 nitrogen and oxygen atoms in total. The van der Waals surface area contributed by atoms with Crippen molar-refractivity contribution >= 4 is 34.3 Å². The van der Waals surface area contributed by atoms with Crippen LogP contribution in [0.15, 0.2) is 59.6 Å². The predicted octanol–water partition coefficient (Wildman–Crippen LogP) is 5.24. The van der Waals surface area contributed by atoms with E-state index >= 15 is 0 Å². The molecular formula is C23H25N3O3S. The summed E-state index contributed by atoms with van der Waals surface area (Å²) in [5, 5.41) is 12.1. The first-order valence-corrected chi connectivity index (χ1v) is 11.3. The molecule has 30 heavy (non-hydrogen) atoms. The predicted molar refractivity (Wildman–Crippen MR) is 120 cm³/mol. The maximum atomic E-state index is 12.9. The Morgan fingerprint density at radius 1 is 1.03 bits per heavy atom. The van der Waals surface area contributed by atoms with Gasteiger partial charge < -0.3 is 9.47 Å². The maximum Gasteiger partial charge on any atom is 0.269 e. The van der Waals surface area contributed by atoms with Gasteiger partial charge in [0.1, 0.15) is 6.54 Å². The van der Waals surface area contributed by atoms with E-state index in [1.54, 1.807) is 23.9 Å². The topological polar surface area (TPSA) is 68.4 Å². The number of hydrogen-bond donors (Lipinski definition) is 0. The van der Waals surface area contributed by atoms with Gasteiger partial charge in [-0.3, -0.25) is 14.9 Å². The molecule has 0 radical (unpaired) electrons. The smallest absolute Gasteiger partial charge is 0.269 e. The minimum Gasteiger partial charge on any atom is -0.341 e. The van der Waals surface area contributed by atoms with Crippen LogP contribution in [0.1, 0.15) is 31.2 Å². The second-order valence-electron chi connectivity index (χ2n) is 7.65. The molecule has 1 fully saturated rings. The molecule has 1 aliphatic rings. The van der Waals surface area contributed by atoms with E-state index in [0.29, 0.717) is 12.3 Å². The SMILES string of the molecule is O=C(Cn1cc(SCc2cccc([N+](=O)[O-])c2)c2ccccc21)N1CCCCCC1. The van der Waals surface area contributed by atoms with Crippen LogP contribution in [0.2, 0.25) is 0 Å². The Hall–Kier alpha value is -2.80. The zero-order valence-electron chi connectivity index (χ0n) is 16.8. The molecule has 0 saturated carbocycles. The molecule has 0 bridgehead atoms. The Morgan fingerprint density at radius 3 is 2.57 bits per heavy atom. The fourth-order valence-corrected chi connectivity index (χ4v) is 4.98. The van der Waals surface area contributed by atoms with Crippen molar-refractivity contribution in [1.29, 1.82) is 0 Å². The summed E-state index contributed by atoms with van der Waals surface area (Å²) in [5.41, 5.74) is 2.06. The lowest BCUT2D eigenvalue weighted by molar-refractivity contribution is -0.384. The van der Waals surface area contributed by atoms with Crippen molar-refractivity contribution < 1.29 is 9.72 Å². The number of nitro benzene ring substituents is 1. The monoisotopic (exact) mass is 423 g/mol. The Balaban J connectivity index is 1.52. The van der Waals surface area contributed by atoms with Gasteiger partial charge in [-0.15, -0.1) is 11.8 Å². The number of aromatic nitrogens is 1. The number of rotatable bonds is 6. The van der Waals surface area contributed by atoms with E-state index in [4.69, 9.17) is 0 Å². The first kappa shape index (κ1) is 20.5. The van der Waals surface area contributed by atoms with Gasteiger partial charge in [-0.05, 0) is 24.5 Å². The zero-order valence-corrected chi connectivity index (χ0v) is 17.6. The summed E-state index contributed by atoms with van der Waals surface area (Å²) in [6, 6.07) is 14.9. The largest absolute Gasteiger partial charge is 0.341 e. The van der Waals surface area contributed by atoms with Crippen LogP contribution in [-0.2, 0) is 17.1 Å². The number of non-ortho nitro benzene ring substituents is 1. The number of likely N-dealkylation sites (tertiary alicyclic amines) is 1. The van der Waals surface area contributed by atoms with Gasteiger partial charge in [0.15, 0.2) is 0 Å². The van der Waals surface area contributed by atoms with Crippen molar-refractivity contribution in [3.8, 4) is 0 Å². The Bertz CT molecular complexity index is 1050. The summed E-state index contributed by atoms with van der Waals surface area (Å²) in [6.07, 6.45) is 6.62. The highest BCUT2D eigenvalue weighted by molar-refractivity contribution is 7.98. The van der Waals surface area contributed by atoms with Crippen LogP contribution in [0.5, 0.6) is 0 Å². The molecule has 1 aliphatic heterocycles. The summed E-state index contributed by atoms with van der Waals surface area (Å²) in [6.45, 7) is 2.05. The second-order valence-corrected chi connectivity index (χ2v) is 8.67. The van der Waals surface area contributed by atoms with Gasteiger partial charge in [-0.1, -0.05) is 43.2 Å². The number of carbonyl (C=O) groups excluding carboxylic acids is 1. The van der Waals surface area contributed by atoms with Crippen LogP contribution >= 0.6 is 11.8 Å². The number of thioether (sulfide) groups is 1. The molecule has 0 unspecified atom stereocenters. The van der Waals surface area contributed by atoms with Gasteiger partial charge in [-0.2, -0.15) is 0 Å². The molecule has 2 heterocycles. The van der Waals surface area contributed by atoms with Gasteiger partial charge in [0.05, 0.1) is 4.92 Å². The summed E-state index contributed by atoms with van der Waals surface area (Å²) in [4.78, 5) is 26.6. The van der Waals surface area contributed by atoms with E-state index in [1.807, 2.05) is 39.9 Å². The van der Waals surface area contributed by atoms with Crippen LogP contribution in [-0.4, -0.2) is 33.4 Å². The number of nitro groups is 1. The lowest BCUT2D eigenvalue weighted by Gasteiger charge is -2.20. The second kappa shape index (κ2) is 9.34. The normalized spacial score (nSPS) is 14.6. The average Bonchev–Trinajstić information content (AvgIpc) is 2.93. The highest BCUT2D eigenvalue weighted by atomic mass is 32.2. The van der Waals surface area contributed by atoms with Crippen molar-refractivity contribution in [2.75, 3.05) is 13.1 Å². The molecule has 0 spiro atoms. The number of benzene rings is 2. The molecule has 4 rings (SSSR count). The molecule has 0 aliphatic carbocycles. The van der Waals surface area contributed by atoms with E-state index < -0.39 is 0 Å². The van der Waals surface area contributed by atoms with E-state index in [1.165, 1.54) is 18.9 Å². The highest BCUT2D eigenvalue weighted by Crippen LogP contribution is 2.32. The van der Waals surface area contributed by atoms with Gasteiger partial charge in [0.2, 0.25) is 5.91 Å². The molecule has 1 saturated heterocycles. The summed E-state index contributed by atoms with van der Waals surface area (Å²) in [5.74, 6) is 0.809. The van der Waals surface area contributed by atoms with Crippen molar-refractivity contribution in [2.24, 2.45) is 0 Å². The zero-order chi connectivity index (χ0) is 20.9. The number of nitrogens with zero attached hydrogens (tertiary/aromatic N) is 3. The summed E-state index contributed by atoms with van der Waals surface area (Å²) < 4.78 is 2.04. The Labute approximate surface area is 180 Å². The third-order valence-corrected chi connectivity index (χ3v) is 6.65. The molecule has 0 atom stereocenters. The molecule has 1 aromatic heterocycles.